The number of aryl methyl sites for hydroxylation is 2. The number of pyridine rings is 1. The van der Waals surface area contributed by atoms with Crippen LogP contribution in [0.25, 0.3) is 22.3 Å². The molecule has 3 aromatic rings. The van der Waals surface area contributed by atoms with Crippen molar-refractivity contribution in [1.29, 1.82) is 0 Å². The first-order chi connectivity index (χ1) is 10.0. The number of rotatable bonds is 1. The van der Waals surface area contributed by atoms with Crippen LogP contribution in [0.4, 0.5) is 0 Å². The molecule has 0 N–H and O–H groups in total. The molecule has 5 nitrogen and oxygen atoms in total. The third-order valence-electron chi connectivity index (χ3n) is 3.67. The second-order valence-corrected chi connectivity index (χ2v) is 5.10. The second-order valence-electron chi connectivity index (χ2n) is 5.10. The van der Waals surface area contributed by atoms with Crippen molar-refractivity contribution in [1.82, 2.24) is 14.1 Å². The summed E-state index contributed by atoms with van der Waals surface area (Å²) < 4.78 is 2.51. The molecule has 2 aromatic heterocycles. The maximum Gasteiger partial charge on any atom is 0.332 e. The van der Waals surface area contributed by atoms with E-state index in [1.807, 2.05) is 37.3 Å². The van der Waals surface area contributed by atoms with E-state index in [0.29, 0.717) is 11.0 Å². The van der Waals surface area contributed by atoms with Gasteiger partial charge in [0.1, 0.15) is 5.65 Å². The molecule has 3 rings (SSSR count). The van der Waals surface area contributed by atoms with Gasteiger partial charge in [-0.3, -0.25) is 13.9 Å². The zero-order valence-corrected chi connectivity index (χ0v) is 12.1. The summed E-state index contributed by atoms with van der Waals surface area (Å²) in [5.41, 5.74) is 2.37. The summed E-state index contributed by atoms with van der Waals surface area (Å²) in [5.74, 6) is 0. The molecule has 106 valence electrons. The second kappa shape index (κ2) is 4.70. The van der Waals surface area contributed by atoms with Crippen molar-refractivity contribution < 1.29 is 0 Å². The number of fused-ring (bicyclic) bond motifs is 1. The third kappa shape index (κ3) is 1.98. The van der Waals surface area contributed by atoms with Gasteiger partial charge in [-0.05, 0) is 18.6 Å². The van der Waals surface area contributed by atoms with Crippen LogP contribution in [0, 0.1) is 6.92 Å². The Morgan fingerprint density at radius 3 is 2.33 bits per heavy atom. The van der Waals surface area contributed by atoms with E-state index >= 15 is 0 Å². The predicted molar refractivity (Wildman–Crippen MR) is 82.4 cm³/mol. The van der Waals surface area contributed by atoms with Crippen LogP contribution in [-0.4, -0.2) is 14.1 Å². The number of hydrogen-bond donors (Lipinski definition) is 0. The maximum absolute atomic E-state index is 12.2. The molecule has 0 unspecified atom stereocenters. The summed E-state index contributed by atoms with van der Waals surface area (Å²) in [6.45, 7) is 1.92. The van der Waals surface area contributed by atoms with E-state index in [1.165, 1.54) is 11.6 Å². The van der Waals surface area contributed by atoms with Crippen molar-refractivity contribution in [2.24, 2.45) is 14.1 Å². The number of benzene rings is 1. The number of hydrogen-bond acceptors (Lipinski definition) is 3. The summed E-state index contributed by atoms with van der Waals surface area (Å²) in [5, 5.41) is 0.455. The monoisotopic (exact) mass is 281 g/mol. The first-order valence-corrected chi connectivity index (χ1v) is 6.63. The van der Waals surface area contributed by atoms with E-state index < -0.39 is 0 Å². The molecular weight excluding hydrogens is 266 g/mol. The van der Waals surface area contributed by atoms with Gasteiger partial charge in [-0.25, -0.2) is 9.78 Å². The van der Waals surface area contributed by atoms with Crippen LogP contribution < -0.4 is 11.2 Å². The highest BCUT2D eigenvalue weighted by molar-refractivity contribution is 5.79. The topological polar surface area (TPSA) is 56.9 Å². The lowest BCUT2D eigenvalue weighted by Gasteiger charge is -2.11. The minimum Gasteiger partial charge on any atom is -0.280 e. The molecule has 0 aliphatic carbocycles. The fourth-order valence-corrected chi connectivity index (χ4v) is 2.49. The van der Waals surface area contributed by atoms with Crippen LogP contribution in [0.1, 0.15) is 5.56 Å². The molecule has 5 heteroatoms. The Morgan fingerprint density at radius 1 is 1.00 bits per heavy atom. The minimum absolute atomic E-state index is 0.316. The molecule has 0 aliphatic heterocycles. The Bertz CT molecular complexity index is 953. The van der Waals surface area contributed by atoms with Crippen LogP contribution >= 0.6 is 0 Å². The summed E-state index contributed by atoms with van der Waals surface area (Å²) in [6, 6.07) is 11.5. The van der Waals surface area contributed by atoms with Crippen LogP contribution in [-0.2, 0) is 14.1 Å². The van der Waals surface area contributed by atoms with Crippen molar-refractivity contribution in [3.8, 4) is 11.3 Å². The summed E-state index contributed by atoms with van der Waals surface area (Å²) in [6.07, 6.45) is 0. The smallest absolute Gasteiger partial charge is 0.280 e. The van der Waals surface area contributed by atoms with Gasteiger partial charge in [0, 0.05) is 19.7 Å². The highest BCUT2D eigenvalue weighted by Gasteiger charge is 2.13. The average Bonchev–Trinajstić information content (AvgIpc) is 2.51. The molecule has 0 saturated heterocycles. The van der Waals surface area contributed by atoms with Crippen LogP contribution in [0.2, 0.25) is 0 Å². The molecule has 2 heterocycles. The fourth-order valence-electron chi connectivity index (χ4n) is 2.49. The van der Waals surface area contributed by atoms with Crippen LogP contribution in [0.3, 0.4) is 0 Å². The largest absolute Gasteiger partial charge is 0.332 e. The average molecular weight is 281 g/mol. The normalized spacial score (nSPS) is 11.0. The highest BCUT2D eigenvalue weighted by atomic mass is 16.2. The molecule has 0 atom stereocenters. The van der Waals surface area contributed by atoms with E-state index in [0.717, 1.165) is 21.4 Å². The van der Waals surface area contributed by atoms with Gasteiger partial charge in [-0.2, -0.15) is 0 Å². The van der Waals surface area contributed by atoms with Gasteiger partial charge >= 0.3 is 5.69 Å². The molecule has 0 fully saturated rings. The van der Waals surface area contributed by atoms with E-state index in [9.17, 15) is 9.59 Å². The van der Waals surface area contributed by atoms with Gasteiger partial charge in [0.2, 0.25) is 0 Å². The zero-order valence-electron chi connectivity index (χ0n) is 12.1. The lowest BCUT2D eigenvalue weighted by Crippen LogP contribution is -2.37. The quantitative estimate of drug-likeness (QED) is 0.681. The summed E-state index contributed by atoms with van der Waals surface area (Å²) in [7, 11) is 3.10. The molecule has 0 saturated carbocycles. The van der Waals surface area contributed by atoms with Crippen LogP contribution in [0.5, 0.6) is 0 Å². The molecule has 1 aromatic carbocycles. The van der Waals surface area contributed by atoms with Gasteiger partial charge in [0.25, 0.3) is 5.56 Å². The Morgan fingerprint density at radius 2 is 1.67 bits per heavy atom. The third-order valence-corrected chi connectivity index (χ3v) is 3.67. The van der Waals surface area contributed by atoms with Gasteiger partial charge < -0.3 is 0 Å². The first-order valence-electron chi connectivity index (χ1n) is 6.63. The maximum atomic E-state index is 12.2. The zero-order chi connectivity index (χ0) is 15.1. The lowest BCUT2D eigenvalue weighted by molar-refractivity contribution is 0.707. The summed E-state index contributed by atoms with van der Waals surface area (Å²) >= 11 is 0. The molecule has 0 bridgehead atoms. The van der Waals surface area contributed by atoms with Crippen molar-refractivity contribution in [2.45, 2.75) is 6.92 Å². The van der Waals surface area contributed by atoms with Gasteiger partial charge in [0.15, 0.2) is 0 Å². The van der Waals surface area contributed by atoms with Crippen molar-refractivity contribution >= 4 is 11.0 Å². The molecule has 0 spiro atoms. The fraction of sp³-hybridized carbons (Fsp3) is 0.188. The van der Waals surface area contributed by atoms with Gasteiger partial charge in [-0.1, -0.05) is 30.3 Å². The standard InChI is InChI=1S/C16H15N3O2/c1-10-9-12-14(18(2)16(21)19(3)15(12)20)17-13(10)11-7-5-4-6-8-11/h4-9H,1-3H3. The van der Waals surface area contributed by atoms with E-state index in [-0.39, 0.29) is 11.2 Å². The number of nitrogens with zero attached hydrogens (tertiary/aromatic N) is 3. The van der Waals surface area contributed by atoms with E-state index in [1.54, 1.807) is 13.1 Å². The molecular formula is C16H15N3O2. The Hall–Kier alpha value is -2.69. The Balaban J connectivity index is 2.45. The van der Waals surface area contributed by atoms with E-state index in [4.69, 9.17) is 0 Å². The van der Waals surface area contributed by atoms with Crippen molar-refractivity contribution in [2.75, 3.05) is 0 Å². The Labute approximate surface area is 121 Å². The van der Waals surface area contributed by atoms with Crippen molar-refractivity contribution in [3.63, 3.8) is 0 Å². The first kappa shape index (κ1) is 13.3. The van der Waals surface area contributed by atoms with Crippen molar-refractivity contribution in [3.05, 3.63) is 62.8 Å². The van der Waals surface area contributed by atoms with Gasteiger partial charge in [-0.15, -0.1) is 0 Å². The van der Waals surface area contributed by atoms with Crippen LogP contribution in [0.15, 0.2) is 46.0 Å². The number of aromatic nitrogens is 3. The SMILES string of the molecule is Cc1cc2c(=O)n(C)c(=O)n(C)c2nc1-c1ccccc1. The predicted octanol–water partition coefficient (Wildman–Crippen LogP) is 1.61. The molecule has 0 aliphatic rings. The molecule has 21 heavy (non-hydrogen) atoms. The summed E-state index contributed by atoms with van der Waals surface area (Å²) in [4.78, 5) is 28.8. The minimum atomic E-state index is -0.372. The molecule has 0 radical (unpaired) electrons. The molecule has 0 amide bonds. The van der Waals surface area contributed by atoms with Gasteiger partial charge in [0.05, 0.1) is 11.1 Å². The lowest BCUT2D eigenvalue weighted by atomic mass is 10.1. The highest BCUT2D eigenvalue weighted by Crippen LogP contribution is 2.22. The Kier molecular flexibility index (Phi) is 2.97. The van der Waals surface area contributed by atoms with E-state index in [2.05, 4.69) is 4.98 Å².